The van der Waals surface area contributed by atoms with Gasteiger partial charge in [-0.1, -0.05) is 34.6 Å². The van der Waals surface area contributed by atoms with Crippen molar-refractivity contribution in [3.63, 3.8) is 0 Å². The Bertz CT molecular complexity index is 186. The summed E-state index contributed by atoms with van der Waals surface area (Å²) in [5.41, 5.74) is 0.464. The van der Waals surface area contributed by atoms with Gasteiger partial charge in [-0.05, 0) is 36.5 Å². The summed E-state index contributed by atoms with van der Waals surface area (Å²) in [6, 6.07) is 0. The van der Waals surface area contributed by atoms with Crippen LogP contribution in [0.2, 0.25) is 0 Å². The third-order valence-corrected chi connectivity index (χ3v) is 4.33. The average molecular weight is 198 g/mol. The molecule has 1 nitrogen and oxygen atoms in total. The minimum absolute atomic E-state index is 0.427. The van der Waals surface area contributed by atoms with E-state index in [1.54, 1.807) is 0 Å². The average Bonchev–Trinajstić information content (AvgIpc) is 2.02. The van der Waals surface area contributed by atoms with Crippen molar-refractivity contribution in [2.75, 3.05) is 6.61 Å². The van der Waals surface area contributed by atoms with E-state index in [1.165, 1.54) is 6.42 Å². The van der Waals surface area contributed by atoms with Crippen molar-refractivity contribution in [1.82, 2.24) is 0 Å². The highest BCUT2D eigenvalue weighted by molar-refractivity contribution is 4.92. The molecule has 1 saturated heterocycles. The molecule has 0 radical (unpaired) electrons. The van der Waals surface area contributed by atoms with Gasteiger partial charge in [-0.2, -0.15) is 0 Å². The minimum atomic E-state index is 0.427. The molecule has 0 amide bonds. The summed E-state index contributed by atoms with van der Waals surface area (Å²) in [6.07, 6.45) is 1.65. The summed E-state index contributed by atoms with van der Waals surface area (Å²) in [4.78, 5) is 0. The van der Waals surface area contributed by atoms with E-state index in [0.29, 0.717) is 17.4 Å². The zero-order chi connectivity index (χ0) is 10.9. The fourth-order valence-electron chi connectivity index (χ4n) is 3.25. The van der Waals surface area contributed by atoms with Crippen LogP contribution in [0.15, 0.2) is 0 Å². The van der Waals surface area contributed by atoms with E-state index in [1.807, 2.05) is 0 Å². The molecule has 1 aliphatic rings. The first-order valence-electron chi connectivity index (χ1n) is 6.01. The quantitative estimate of drug-likeness (QED) is 0.657. The molecule has 0 aromatic heterocycles. The molecule has 0 aliphatic carbocycles. The van der Waals surface area contributed by atoms with Gasteiger partial charge in [0.1, 0.15) is 0 Å². The molecule has 0 bridgehead atoms. The third-order valence-electron chi connectivity index (χ3n) is 4.33. The summed E-state index contributed by atoms with van der Waals surface area (Å²) in [7, 11) is 0. The van der Waals surface area contributed by atoms with Gasteiger partial charge in [0.05, 0.1) is 6.10 Å². The molecule has 14 heavy (non-hydrogen) atoms. The van der Waals surface area contributed by atoms with Gasteiger partial charge in [0.15, 0.2) is 0 Å². The number of rotatable bonds is 2. The van der Waals surface area contributed by atoms with Gasteiger partial charge < -0.3 is 4.74 Å². The molecule has 1 aliphatic heterocycles. The van der Waals surface area contributed by atoms with E-state index in [0.717, 1.165) is 18.4 Å². The van der Waals surface area contributed by atoms with Gasteiger partial charge in [-0.25, -0.2) is 0 Å². The Hall–Kier alpha value is -0.0400. The van der Waals surface area contributed by atoms with Crippen molar-refractivity contribution in [3.05, 3.63) is 0 Å². The molecule has 0 aromatic rings. The van der Waals surface area contributed by atoms with Gasteiger partial charge in [0.2, 0.25) is 0 Å². The molecule has 1 heterocycles. The highest BCUT2D eigenvalue weighted by atomic mass is 16.5. The van der Waals surface area contributed by atoms with Crippen LogP contribution in [0.25, 0.3) is 0 Å². The van der Waals surface area contributed by atoms with Gasteiger partial charge in [-0.15, -0.1) is 0 Å². The number of hydrogen-bond donors (Lipinski definition) is 0. The molecular weight excluding hydrogens is 172 g/mol. The van der Waals surface area contributed by atoms with Crippen molar-refractivity contribution < 1.29 is 4.74 Å². The van der Waals surface area contributed by atoms with Crippen molar-refractivity contribution in [3.8, 4) is 0 Å². The summed E-state index contributed by atoms with van der Waals surface area (Å²) in [5.74, 6) is 2.18. The summed E-state index contributed by atoms with van der Waals surface area (Å²) in [5, 5.41) is 0. The van der Waals surface area contributed by atoms with Gasteiger partial charge in [-0.3, -0.25) is 0 Å². The topological polar surface area (TPSA) is 9.23 Å². The second-order valence-corrected chi connectivity index (χ2v) is 5.76. The predicted molar refractivity (Wildman–Crippen MR) is 61.3 cm³/mol. The number of hydrogen-bond acceptors (Lipinski definition) is 1. The second kappa shape index (κ2) is 4.22. The first kappa shape index (κ1) is 12.0. The normalized spacial score (nSPS) is 39.4. The smallest absolute Gasteiger partial charge is 0.0582 e. The maximum absolute atomic E-state index is 5.80. The highest BCUT2D eigenvalue weighted by Gasteiger charge is 2.44. The zero-order valence-corrected chi connectivity index (χ0v) is 10.6. The van der Waals surface area contributed by atoms with Crippen molar-refractivity contribution in [2.45, 2.75) is 54.1 Å². The molecule has 3 atom stereocenters. The third kappa shape index (κ3) is 1.98. The van der Waals surface area contributed by atoms with Crippen LogP contribution in [0.4, 0.5) is 0 Å². The van der Waals surface area contributed by atoms with Gasteiger partial charge in [0, 0.05) is 6.61 Å². The Morgan fingerprint density at radius 3 is 2.14 bits per heavy atom. The maximum Gasteiger partial charge on any atom is 0.0582 e. The van der Waals surface area contributed by atoms with Crippen LogP contribution in [0.5, 0.6) is 0 Å². The van der Waals surface area contributed by atoms with Crippen molar-refractivity contribution >= 4 is 0 Å². The van der Waals surface area contributed by atoms with Crippen molar-refractivity contribution in [1.29, 1.82) is 0 Å². The first-order valence-corrected chi connectivity index (χ1v) is 6.01. The fourth-order valence-corrected chi connectivity index (χ4v) is 3.25. The molecular formula is C13H26O. The van der Waals surface area contributed by atoms with Crippen molar-refractivity contribution in [2.24, 2.45) is 23.2 Å². The Morgan fingerprint density at radius 1 is 1.21 bits per heavy atom. The summed E-state index contributed by atoms with van der Waals surface area (Å²) >= 11 is 0. The standard InChI is InChI=1S/C13H26O/c1-9(2)12-11(5)14-8-7-13(12,6)10(3)4/h9-12H,7-8H2,1-6H3. The summed E-state index contributed by atoms with van der Waals surface area (Å²) < 4.78 is 5.80. The van der Waals surface area contributed by atoms with E-state index in [4.69, 9.17) is 4.74 Å². The monoisotopic (exact) mass is 198 g/mol. The Balaban J connectivity index is 2.90. The van der Waals surface area contributed by atoms with Gasteiger partial charge >= 0.3 is 0 Å². The molecule has 0 saturated carbocycles. The Kier molecular flexibility index (Phi) is 3.63. The molecule has 0 spiro atoms. The maximum atomic E-state index is 5.80. The van der Waals surface area contributed by atoms with Crippen LogP contribution in [0.3, 0.4) is 0 Å². The lowest BCUT2D eigenvalue weighted by Gasteiger charge is -2.49. The van der Waals surface area contributed by atoms with Crippen LogP contribution < -0.4 is 0 Å². The van der Waals surface area contributed by atoms with Crippen LogP contribution in [-0.4, -0.2) is 12.7 Å². The van der Waals surface area contributed by atoms with Crippen LogP contribution in [0, 0.1) is 23.2 Å². The van der Waals surface area contributed by atoms with E-state index in [-0.39, 0.29) is 0 Å². The summed E-state index contributed by atoms with van der Waals surface area (Å²) in [6.45, 7) is 15.0. The Morgan fingerprint density at radius 2 is 1.79 bits per heavy atom. The molecule has 3 unspecified atom stereocenters. The van der Waals surface area contributed by atoms with E-state index in [2.05, 4.69) is 41.5 Å². The van der Waals surface area contributed by atoms with Crippen LogP contribution >= 0.6 is 0 Å². The fraction of sp³-hybridized carbons (Fsp3) is 1.00. The second-order valence-electron chi connectivity index (χ2n) is 5.76. The zero-order valence-electron chi connectivity index (χ0n) is 10.6. The molecule has 1 heteroatoms. The van der Waals surface area contributed by atoms with Gasteiger partial charge in [0.25, 0.3) is 0 Å². The van der Waals surface area contributed by atoms with Crippen LogP contribution in [0.1, 0.15) is 48.0 Å². The van der Waals surface area contributed by atoms with E-state index in [9.17, 15) is 0 Å². The van der Waals surface area contributed by atoms with E-state index < -0.39 is 0 Å². The Labute approximate surface area is 89.2 Å². The lowest BCUT2D eigenvalue weighted by Crippen LogP contribution is -2.47. The van der Waals surface area contributed by atoms with Crippen LogP contribution in [-0.2, 0) is 4.74 Å². The number of ether oxygens (including phenoxy) is 1. The largest absolute Gasteiger partial charge is 0.378 e. The molecule has 84 valence electrons. The van der Waals surface area contributed by atoms with E-state index >= 15 is 0 Å². The first-order chi connectivity index (χ1) is 6.39. The lowest BCUT2D eigenvalue weighted by molar-refractivity contribution is -0.121. The SMILES string of the molecule is CC(C)C1C(C)OCCC1(C)C(C)C. The highest BCUT2D eigenvalue weighted by Crippen LogP contribution is 2.47. The molecule has 1 fully saturated rings. The molecule has 0 N–H and O–H groups in total. The molecule has 1 rings (SSSR count). The predicted octanol–water partition coefficient (Wildman–Crippen LogP) is 3.73. The minimum Gasteiger partial charge on any atom is -0.378 e. The molecule has 0 aromatic carbocycles. The lowest BCUT2D eigenvalue weighted by atomic mass is 9.60.